The van der Waals surface area contributed by atoms with E-state index in [1.807, 2.05) is 18.5 Å². The average molecular weight is 320 g/mol. The summed E-state index contributed by atoms with van der Waals surface area (Å²) in [6.07, 6.45) is 6.50. The van der Waals surface area contributed by atoms with Crippen LogP contribution in [0.3, 0.4) is 0 Å². The van der Waals surface area contributed by atoms with E-state index in [4.69, 9.17) is 4.99 Å². The molecular formula is C16H28N6O. The fraction of sp³-hybridized carbons (Fsp3) is 0.812. The molecule has 0 spiro atoms. The number of likely N-dealkylation sites (tertiary alicyclic amines) is 1. The molecule has 1 aromatic heterocycles. The van der Waals surface area contributed by atoms with Crippen molar-refractivity contribution < 1.29 is 5.11 Å². The molecule has 0 radical (unpaired) electrons. The van der Waals surface area contributed by atoms with Gasteiger partial charge in [-0.2, -0.15) is 0 Å². The zero-order valence-corrected chi connectivity index (χ0v) is 14.2. The molecule has 2 heterocycles. The van der Waals surface area contributed by atoms with Crippen molar-refractivity contribution in [2.24, 2.45) is 12.0 Å². The van der Waals surface area contributed by atoms with Crippen molar-refractivity contribution in [3.63, 3.8) is 0 Å². The number of nitrogens with zero attached hydrogens (tertiary/aromatic N) is 5. The minimum atomic E-state index is -0.166. The van der Waals surface area contributed by atoms with Gasteiger partial charge in [-0.05, 0) is 32.6 Å². The Morgan fingerprint density at radius 3 is 2.52 bits per heavy atom. The second kappa shape index (κ2) is 7.29. The lowest BCUT2D eigenvalue weighted by molar-refractivity contribution is 0.107. The number of aliphatic imine (C=N–C) groups is 1. The monoisotopic (exact) mass is 320 g/mol. The fourth-order valence-corrected chi connectivity index (χ4v) is 3.30. The van der Waals surface area contributed by atoms with Gasteiger partial charge in [0.2, 0.25) is 0 Å². The Morgan fingerprint density at radius 1 is 1.22 bits per heavy atom. The van der Waals surface area contributed by atoms with Gasteiger partial charge in [0.05, 0.1) is 6.10 Å². The molecular weight excluding hydrogens is 292 g/mol. The van der Waals surface area contributed by atoms with Gasteiger partial charge >= 0.3 is 0 Å². The van der Waals surface area contributed by atoms with Crippen LogP contribution < -0.4 is 5.32 Å². The van der Waals surface area contributed by atoms with Crippen LogP contribution in [-0.4, -0.2) is 56.0 Å². The summed E-state index contributed by atoms with van der Waals surface area (Å²) in [7, 11) is 1.97. The molecule has 7 nitrogen and oxygen atoms in total. The summed E-state index contributed by atoms with van der Waals surface area (Å²) < 4.78 is 1.98. The highest BCUT2D eigenvalue weighted by Gasteiger charge is 2.23. The van der Waals surface area contributed by atoms with E-state index in [1.165, 1.54) is 25.7 Å². The lowest BCUT2D eigenvalue weighted by Crippen LogP contribution is -2.49. The molecule has 2 N–H and O–H groups in total. The van der Waals surface area contributed by atoms with E-state index in [9.17, 15) is 5.11 Å². The van der Waals surface area contributed by atoms with E-state index in [0.717, 1.165) is 43.5 Å². The van der Waals surface area contributed by atoms with Crippen molar-refractivity contribution >= 4 is 5.96 Å². The smallest absolute Gasteiger partial charge is 0.194 e. The minimum Gasteiger partial charge on any atom is -0.393 e. The van der Waals surface area contributed by atoms with Crippen LogP contribution in [0, 0.1) is 6.92 Å². The van der Waals surface area contributed by atoms with Gasteiger partial charge in [0.1, 0.15) is 12.4 Å². The third kappa shape index (κ3) is 4.02. The van der Waals surface area contributed by atoms with Gasteiger partial charge in [0, 0.05) is 26.2 Å². The number of guanidine groups is 1. The molecule has 1 saturated carbocycles. The number of hydrogen-bond donors (Lipinski definition) is 2. The van der Waals surface area contributed by atoms with E-state index in [1.54, 1.807) is 0 Å². The summed E-state index contributed by atoms with van der Waals surface area (Å²) in [6.45, 7) is 4.20. The molecule has 0 amide bonds. The van der Waals surface area contributed by atoms with Crippen LogP contribution in [-0.2, 0) is 13.6 Å². The SMILES string of the molecule is Cc1nnc(CN=C(NC2CCCC2)N2CCC(O)CC2)n1C. The molecule has 1 aliphatic heterocycles. The first kappa shape index (κ1) is 16.2. The molecule has 0 atom stereocenters. The Kier molecular flexibility index (Phi) is 5.15. The maximum atomic E-state index is 9.73. The van der Waals surface area contributed by atoms with E-state index in [-0.39, 0.29) is 6.10 Å². The van der Waals surface area contributed by atoms with E-state index in [2.05, 4.69) is 20.4 Å². The van der Waals surface area contributed by atoms with Gasteiger partial charge in [0.15, 0.2) is 11.8 Å². The lowest BCUT2D eigenvalue weighted by atomic mass is 10.1. The molecule has 128 valence electrons. The van der Waals surface area contributed by atoms with Crippen LogP contribution in [0.1, 0.15) is 50.2 Å². The van der Waals surface area contributed by atoms with Gasteiger partial charge in [-0.1, -0.05) is 12.8 Å². The summed E-state index contributed by atoms with van der Waals surface area (Å²) in [5, 5.41) is 21.7. The molecule has 3 rings (SSSR count). The zero-order valence-electron chi connectivity index (χ0n) is 14.2. The van der Waals surface area contributed by atoms with Gasteiger partial charge in [-0.25, -0.2) is 4.99 Å². The molecule has 23 heavy (non-hydrogen) atoms. The average Bonchev–Trinajstić information content (AvgIpc) is 3.17. The predicted octanol–water partition coefficient (Wildman–Crippen LogP) is 0.968. The van der Waals surface area contributed by atoms with Crippen molar-refractivity contribution in [3.8, 4) is 0 Å². The van der Waals surface area contributed by atoms with Crippen molar-refractivity contribution in [3.05, 3.63) is 11.6 Å². The van der Waals surface area contributed by atoms with Crippen LogP contribution in [0.5, 0.6) is 0 Å². The van der Waals surface area contributed by atoms with Gasteiger partial charge < -0.3 is 19.9 Å². The van der Waals surface area contributed by atoms with Crippen LogP contribution in [0.4, 0.5) is 0 Å². The molecule has 1 saturated heterocycles. The topological polar surface area (TPSA) is 78.6 Å². The third-order valence-corrected chi connectivity index (χ3v) is 5.01. The van der Waals surface area contributed by atoms with Crippen molar-refractivity contribution in [2.45, 2.75) is 64.1 Å². The molecule has 1 aromatic rings. The fourth-order valence-electron chi connectivity index (χ4n) is 3.30. The number of aliphatic hydroxyl groups is 1. The van der Waals surface area contributed by atoms with Crippen LogP contribution in [0.2, 0.25) is 0 Å². The van der Waals surface area contributed by atoms with Crippen LogP contribution >= 0.6 is 0 Å². The normalized spacial score (nSPS) is 21.2. The van der Waals surface area contributed by atoms with Crippen molar-refractivity contribution in [1.29, 1.82) is 0 Å². The summed E-state index contributed by atoms with van der Waals surface area (Å²) in [5.74, 6) is 2.75. The highest BCUT2D eigenvalue weighted by atomic mass is 16.3. The molecule has 0 unspecified atom stereocenters. The number of aryl methyl sites for hydroxylation is 1. The van der Waals surface area contributed by atoms with E-state index in [0.29, 0.717) is 12.6 Å². The Bertz CT molecular complexity index is 541. The van der Waals surface area contributed by atoms with Crippen molar-refractivity contribution in [2.75, 3.05) is 13.1 Å². The van der Waals surface area contributed by atoms with E-state index >= 15 is 0 Å². The van der Waals surface area contributed by atoms with Gasteiger partial charge in [0.25, 0.3) is 0 Å². The highest BCUT2D eigenvalue weighted by Crippen LogP contribution is 2.19. The Labute approximate surface area is 137 Å². The third-order valence-electron chi connectivity index (χ3n) is 5.01. The summed E-state index contributed by atoms with van der Waals surface area (Å²) in [4.78, 5) is 7.08. The predicted molar refractivity (Wildman–Crippen MR) is 89.1 cm³/mol. The quantitative estimate of drug-likeness (QED) is 0.641. The first-order valence-corrected chi connectivity index (χ1v) is 8.72. The van der Waals surface area contributed by atoms with E-state index < -0.39 is 0 Å². The summed E-state index contributed by atoms with van der Waals surface area (Å²) in [6, 6.07) is 0.529. The summed E-state index contributed by atoms with van der Waals surface area (Å²) in [5.41, 5.74) is 0. The Morgan fingerprint density at radius 2 is 1.91 bits per heavy atom. The molecule has 0 aromatic carbocycles. The number of hydrogen-bond acceptors (Lipinski definition) is 4. The standard InChI is InChI=1S/C16H28N6O/c1-12-19-20-15(21(12)2)11-17-16(18-13-5-3-4-6-13)22-9-7-14(23)8-10-22/h13-14,23H,3-11H2,1-2H3,(H,17,18). The number of aliphatic hydroxyl groups excluding tert-OH is 1. The second-order valence-electron chi connectivity index (χ2n) is 6.71. The largest absolute Gasteiger partial charge is 0.393 e. The highest BCUT2D eigenvalue weighted by molar-refractivity contribution is 5.80. The lowest BCUT2D eigenvalue weighted by Gasteiger charge is -2.33. The van der Waals surface area contributed by atoms with Gasteiger partial charge in [-0.15, -0.1) is 10.2 Å². The number of piperidine rings is 1. The first-order chi connectivity index (χ1) is 11.1. The van der Waals surface area contributed by atoms with Gasteiger partial charge in [-0.3, -0.25) is 0 Å². The second-order valence-corrected chi connectivity index (χ2v) is 6.71. The number of nitrogens with one attached hydrogen (secondary N) is 1. The van der Waals surface area contributed by atoms with Crippen LogP contribution in [0.15, 0.2) is 4.99 Å². The Balaban J connectivity index is 1.70. The molecule has 7 heteroatoms. The number of rotatable bonds is 3. The molecule has 2 aliphatic rings. The molecule has 2 fully saturated rings. The maximum absolute atomic E-state index is 9.73. The first-order valence-electron chi connectivity index (χ1n) is 8.72. The number of aromatic nitrogens is 3. The van der Waals surface area contributed by atoms with Crippen molar-refractivity contribution in [1.82, 2.24) is 25.0 Å². The summed E-state index contributed by atoms with van der Waals surface area (Å²) >= 11 is 0. The molecule has 1 aliphatic carbocycles. The minimum absolute atomic E-state index is 0.166. The maximum Gasteiger partial charge on any atom is 0.194 e. The van der Waals surface area contributed by atoms with Crippen LogP contribution in [0.25, 0.3) is 0 Å². The Hall–Kier alpha value is -1.63. The zero-order chi connectivity index (χ0) is 16.2. The molecule has 0 bridgehead atoms.